The average Bonchev–Trinajstić information content (AvgIpc) is 3.05. The van der Waals surface area contributed by atoms with E-state index in [1.54, 1.807) is 7.11 Å². The molecule has 0 amide bonds. The van der Waals surface area contributed by atoms with Crippen molar-refractivity contribution in [3.8, 4) is 16.9 Å². The molecule has 1 aromatic heterocycles. The largest absolute Gasteiger partial charge is 0.497 e. The van der Waals surface area contributed by atoms with Gasteiger partial charge in [0.1, 0.15) is 5.75 Å². The van der Waals surface area contributed by atoms with Crippen molar-refractivity contribution >= 4 is 42.3 Å². The van der Waals surface area contributed by atoms with Crippen molar-refractivity contribution in [2.45, 2.75) is 0 Å². The topological polar surface area (TPSA) is 9.23 Å². The lowest BCUT2D eigenvalue weighted by atomic mass is 9.99. The van der Waals surface area contributed by atoms with Crippen LogP contribution in [-0.2, 0) is 0 Å². The maximum absolute atomic E-state index is 5.32. The molecule has 0 aliphatic carbocycles. The molecule has 0 atom stereocenters. The third kappa shape index (κ3) is 2.38. The summed E-state index contributed by atoms with van der Waals surface area (Å²) in [4.78, 5) is 0. The van der Waals surface area contributed by atoms with Gasteiger partial charge in [-0.25, -0.2) is 0 Å². The van der Waals surface area contributed by atoms with Crippen molar-refractivity contribution < 1.29 is 4.74 Å². The number of hydrogen-bond acceptors (Lipinski definition) is 2. The minimum absolute atomic E-state index is 0.895. The molecular formula is C23H16OS. The Hall–Kier alpha value is -2.84. The Morgan fingerprint density at radius 2 is 1.36 bits per heavy atom. The first kappa shape index (κ1) is 14.5. The zero-order chi connectivity index (χ0) is 16.8. The van der Waals surface area contributed by atoms with Crippen molar-refractivity contribution in [3.63, 3.8) is 0 Å². The minimum atomic E-state index is 0.895. The molecule has 2 heteroatoms. The number of hydrogen-bond donors (Lipinski definition) is 0. The van der Waals surface area contributed by atoms with Crippen LogP contribution in [0, 0.1) is 0 Å². The van der Waals surface area contributed by atoms with E-state index in [1.807, 2.05) is 17.4 Å². The van der Waals surface area contributed by atoms with Crippen LogP contribution in [0.5, 0.6) is 5.75 Å². The normalized spacial score (nSPS) is 11.4. The second-order valence-corrected chi connectivity index (χ2v) is 7.32. The fraction of sp³-hybridized carbons (Fsp3) is 0.0435. The quantitative estimate of drug-likeness (QED) is 0.340. The van der Waals surface area contributed by atoms with Gasteiger partial charge in [-0.05, 0) is 58.3 Å². The highest BCUT2D eigenvalue weighted by atomic mass is 32.1. The molecule has 0 fully saturated rings. The molecule has 0 unspecified atom stereocenters. The molecule has 0 aliphatic heterocycles. The lowest BCUT2D eigenvalue weighted by Gasteiger charge is -2.06. The van der Waals surface area contributed by atoms with Crippen molar-refractivity contribution in [2.75, 3.05) is 7.11 Å². The van der Waals surface area contributed by atoms with Crippen LogP contribution in [-0.4, -0.2) is 7.11 Å². The fourth-order valence-electron chi connectivity index (χ4n) is 3.44. The van der Waals surface area contributed by atoms with Gasteiger partial charge in [-0.1, -0.05) is 42.5 Å². The van der Waals surface area contributed by atoms with Gasteiger partial charge in [0.25, 0.3) is 0 Å². The first-order chi connectivity index (χ1) is 12.3. The van der Waals surface area contributed by atoms with Crippen molar-refractivity contribution in [2.24, 2.45) is 0 Å². The number of ether oxygens (including phenoxy) is 1. The van der Waals surface area contributed by atoms with E-state index in [0.717, 1.165) is 5.75 Å². The summed E-state index contributed by atoms with van der Waals surface area (Å²) in [6, 6.07) is 28.3. The highest BCUT2D eigenvalue weighted by Gasteiger charge is 2.07. The van der Waals surface area contributed by atoms with Crippen molar-refractivity contribution in [1.29, 1.82) is 0 Å². The van der Waals surface area contributed by atoms with Gasteiger partial charge >= 0.3 is 0 Å². The molecule has 0 spiro atoms. The SMILES string of the molecule is COc1ccc2cc(-c3ccc4sc5ccccc5c4c3)ccc2c1. The van der Waals surface area contributed by atoms with Crippen LogP contribution < -0.4 is 4.74 Å². The lowest BCUT2D eigenvalue weighted by molar-refractivity contribution is 0.415. The van der Waals surface area contributed by atoms with Gasteiger partial charge in [0.2, 0.25) is 0 Å². The molecule has 0 aliphatic rings. The van der Waals surface area contributed by atoms with Crippen LogP contribution in [0.1, 0.15) is 0 Å². The van der Waals surface area contributed by atoms with E-state index >= 15 is 0 Å². The van der Waals surface area contributed by atoms with Crippen LogP contribution in [0.15, 0.2) is 78.9 Å². The van der Waals surface area contributed by atoms with Gasteiger partial charge in [0.15, 0.2) is 0 Å². The lowest BCUT2D eigenvalue weighted by Crippen LogP contribution is -1.83. The van der Waals surface area contributed by atoms with Gasteiger partial charge in [-0.3, -0.25) is 0 Å². The molecule has 0 saturated carbocycles. The maximum atomic E-state index is 5.32. The molecule has 1 nitrogen and oxygen atoms in total. The maximum Gasteiger partial charge on any atom is 0.119 e. The summed E-state index contributed by atoms with van der Waals surface area (Å²) in [5, 5.41) is 5.11. The van der Waals surface area contributed by atoms with E-state index in [-0.39, 0.29) is 0 Å². The summed E-state index contributed by atoms with van der Waals surface area (Å²) in [5.41, 5.74) is 2.50. The van der Waals surface area contributed by atoms with Gasteiger partial charge in [-0.15, -0.1) is 11.3 Å². The van der Waals surface area contributed by atoms with Crippen LogP contribution in [0.3, 0.4) is 0 Å². The summed E-state index contributed by atoms with van der Waals surface area (Å²) >= 11 is 1.86. The number of benzene rings is 4. The second-order valence-electron chi connectivity index (χ2n) is 6.24. The summed E-state index contributed by atoms with van der Waals surface area (Å²) in [6.45, 7) is 0. The number of rotatable bonds is 2. The van der Waals surface area contributed by atoms with E-state index in [0.29, 0.717) is 0 Å². The molecule has 25 heavy (non-hydrogen) atoms. The molecule has 0 saturated heterocycles. The van der Waals surface area contributed by atoms with Crippen LogP contribution in [0.4, 0.5) is 0 Å². The van der Waals surface area contributed by atoms with Gasteiger partial charge in [0, 0.05) is 20.2 Å². The first-order valence-electron chi connectivity index (χ1n) is 8.31. The number of fused-ring (bicyclic) bond motifs is 4. The van der Waals surface area contributed by atoms with E-state index in [2.05, 4.69) is 72.8 Å². The molecule has 120 valence electrons. The Balaban J connectivity index is 1.69. The second kappa shape index (κ2) is 5.61. The van der Waals surface area contributed by atoms with Crippen molar-refractivity contribution in [1.82, 2.24) is 0 Å². The molecule has 4 aromatic carbocycles. The molecule has 5 rings (SSSR count). The standard InChI is InChI=1S/C23H16OS/c1-24-19-10-8-16-12-15(6-7-17(16)13-19)18-9-11-23-21(14-18)20-4-2-3-5-22(20)25-23/h2-14H,1H3. The highest BCUT2D eigenvalue weighted by Crippen LogP contribution is 2.36. The van der Waals surface area contributed by atoms with E-state index in [4.69, 9.17) is 4.74 Å². The molecular weight excluding hydrogens is 324 g/mol. The zero-order valence-electron chi connectivity index (χ0n) is 13.8. The first-order valence-corrected chi connectivity index (χ1v) is 9.13. The third-order valence-corrected chi connectivity index (χ3v) is 5.91. The van der Waals surface area contributed by atoms with Crippen molar-refractivity contribution in [3.05, 3.63) is 78.9 Å². The molecule has 5 aromatic rings. The summed E-state index contributed by atoms with van der Waals surface area (Å²) in [5.74, 6) is 0.895. The van der Waals surface area contributed by atoms with Crippen LogP contribution in [0.25, 0.3) is 42.1 Å². The van der Waals surface area contributed by atoms with Gasteiger partial charge < -0.3 is 4.74 Å². The Kier molecular flexibility index (Phi) is 3.25. The highest BCUT2D eigenvalue weighted by molar-refractivity contribution is 7.25. The van der Waals surface area contributed by atoms with Crippen LogP contribution in [0.2, 0.25) is 0 Å². The third-order valence-electron chi connectivity index (χ3n) is 4.76. The summed E-state index contributed by atoms with van der Waals surface area (Å²) < 4.78 is 8.01. The molecule has 1 heterocycles. The average molecular weight is 340 g/mol. The minimum Gasteiger partial charge on any atom is -0.497 e. The molecule has 0 N–H and O–H groups in total. The Morgan fingerprint density at radius 1 is 0.640 bits per heavy atom. The summed E-state index contributed by atoms with van der Waals surface area (Å²) in [6.07, 6.45) is 0. The van der Waals surface area contributed by atoms with Crippen LogP contribution >= 0.6 is 11.3 Å². The van der Waals surface area contributed by atoms with Gasteiger partial charge in [-0.2, -0.15) is 0 Å². The van der Waals surface area contributed by atoms with E-state index < -0.39 is 0 Å². The predicted molar refractivity (Wildman–Crippen MR) is 109 cm³/mol. The monoisotopic (exact) mass is 340 g/mol. The number of methoxy groups -OCH3 is 1. The Labute approximate surface area is 150 Å². The van der Waals surface area contributed by atoms with E-state index in [1.165, 1.54) is 42.1 Å². The molecule has 0 bridgehead atoms. The van der Waals surface area contributed by atoms with E-state index in [9.17, 15) is 0 Å². The Bertz CT molecular complexity index is 1230. The molecule has 0 radical (unpaired) electrons. The number of thiophene rings is 1. The predicted octanol–water partition coefficient (Wildman–Crippen LogP) is 6.88. The Morgan fingerprint density at radius 3 is 2.28 bits per heavy atom. The smallest absolute Gasteiger partial charge is 0.119 e. The zero-order valence-corrected chi connectivity index (χ0v) is 14.6. The fourth-order valence-corrected chi connectivity index (χ4v) is 4.52. The van der Waals surface area contributed by atoms with Gasteiger partial charge in [0.05, 0.1) is 7.11 Å². The summed E-state index contributed by atoms with van der Waals surface area (Å²) in [7, 11) is 1.70.